The highest BCUT2D eigenvalue weighted by Gasteiger charge is 2.33. The number of hydrogen-bond donors (Lipinski definition) is 0. The highest BCUT2D eigenvalue weighted by molar-refractivity contribution is 6.13. The molecule has 0 fully saturated rings. The fourth-order valence-electron chi connectivity index (χ4n) is 10.9. The van der Waals surface area contributed by atoms with E-state index in [9.17, 15) is 21.0 Å². The molecule has 0 saturated heterocycles. The molecule has 3 heterocycles. The zero-order valence-electron chi connectivity index (χ0n) is 41.9. The Balaban J connectivity index is 1.12. The number of rotatable bonds is 8. The van der Waals surface area contributed by atoms with Gasteiger partial charge in [-0.3, -0.25) is 0 Å². The van der Waals surface area contributed by atoms with E-state index in [4.69, 9.17) is 15.0 Å². The molecule has 0 saturated carbocycles. The summed E-state index contributed by atoms with van der Waals surface area (Å²) in [5.74, 6) is 1.12. The summed E-state index contributed by atoms with van der Waals surface area (Å²) in [5, 5.41) is 43.0. The van der Waals surface area contributed by atoms with Crippen molar-refractivity contribution < 1.29 is 13.2 Å². The zero-order chi connectivity index (χ0) is 54.6. The lowest BCUT2D eigenvalue weighted by Gasteiger charge is -2.21. The van der Waals surface area contributed by atoms with Crippen LogP contribution < -0.4 is 0 Å². The van der Waals surface area contributed by atoms with Crippen molar-refractivity contribution in [1.29, 1.82) is 21.0 Å². The molecular formula is C68H36F3N9. The predicted molar refractivity (Wildman–Crippen MR) is 305 cm³/mol. The van der Waals surface area contributed by atoms with Crippen LogP contribution in [0.15, 0.2) is 218 Å². The lowest BCUT2D eigenvalue weighted by atomic mass is 9.95. The summed E-state index contributed by atoms with van der Waals surface area (Å²) in [5.41, 5.74) is 9.89. The topological polar surface area (TPSA) is 144 Å². The Kier molecular flexibility index (Phi) is 11.6. The molecule has 0 N–H and O–H groups in total. The molecule has 0 aliphatic heterocycles. The molecule has 0 radical (unpaired) electrons. The Hall–Kier alpha value is -11.4. The summed E-state index contributed by atoms with van der Waals surface area (Å²) in [4.78, 5) is 15.1. The number of halogens is 3. The van der Waals surface area contributed by atoms with Gasteiger partial charge in [0.05, 0.1) is 85.5 Å². The normalized spacial score (nSPS) is 11.4. The van der Waals surface area contributed by atoms with Crippen LogP contribution in [0.2, 0.25) is 0 Å². The minimum absolute atomic E-state index is 0.252. The molecule has 0 spiro atoms. The molecule has 0 atom stereocenters. The quantitative estimate of drug-likeness (QED) is 0.147. The number of aromatic nitrogens is 5. The molecule has 13 rings (SSSR count). The molecule has 3 aromatic heterocycles. The monoisotopic (exact) mass is 1040 g/mol. The van der Waals surface area contributed by atoms with Crippen LogP contribution in [-0.2, 0) is 6.18 Å². The maximum Gasteiger partial charge on any atom is 0.416 e. The van der Waals surface area contributed by atoms with E-state index in [-0.39, 0.29) is 5.56 Å². The van der Waals surface area contributed by atoms with E-state index in [2.05, 4.69) is 28.8 Å². The van der Waals surface area contributed by atoms with Crippen LogP contribution in [0.4, 0.5) is 13.2 Å². The number of nitrogens with zero attached hydrogens (tertiary/aromatic N) is 9. The number of nitriles is 4. The summed E-state index contributed by atoms with van der Waals surface area (Å²) in [6, 6.07) is 74.4. The first-order chi connectivity index (χ1) is 39.1. The average molecular weight is 1040 g/mol. The van der Waals surface area contributed by atoms with Gasteiger partial charge >= 0.3 is 6.18 Å². The lowest BCUT2D eigenvalue weighted by molar-refractivity contribution is -0.137. The number of alkyl halides is 3. The molecule has 10 aromatic carbocycles. The Morgan fingerprint density at radius 3 is 1.20 bits per heavy atom. The molecular weight excluding hydrogens is 1000 g/mol. The second kappa shape index (κ2) is 19.3. The summed E-state index contributed by atoms with van der Waals surface area (Å²) < 4.78 is 50.5. The van der Waals surface area contributed by atoms with Crippen molar-refractivity contribution in [2.45, 2.75) is 6.18 Å². The number of hydrogen-bond acceptors (Lipinski definition) is 7. The van der Waals surface area contributed by atoms with Gasteiger partial charge in [0.1, 0.15) is 0 Å². The Morgan fingerprint density at radius 2 is 0.738 bits per heavy atom. The first-order valence-electron chi connectivity index (χ1n) is 25.3. The van der Waals surface area contributed by atoms with Gasteiger partial charge in [-0.15, -0.1) is 0 Å². The molecule has 0 aliphatic carbocycles. The van der Waals surface area contributed by atoms with Gasteiger partial charge in [-0.05, 0) is 119 Å². The molecule has 0 unspecified atom stereocenters. The molecule has 0 aliphatic rings. The van der Waals surface area contributed by atoms with Crippen LogP contribution >= 0.6 is 0 Å². The second-order valence-electron chi connectivity index (χ2n) is 19.1. The van der Waals surface area contributed by atoms with Crippen molar-refractivity contribution in [3.63, 3.8) is 0 Å². The van der Waals surface area contributed by atoms with Gasteiger partial charge in [-0.2, -0.15) is 34.2 Å². The van der Waals surface area contributed by atoms with Gasteiger partial charge in [0, 0.05) is 49.4 Å². The van der Waals surface area contributed by atoms with Crippen LogP contribution in [0.1, 0.15) is 27.8 Å². The summed E-state index contributed by atoms with van der Waals surface area (Å²) in [6.07, 6.45) is -4.75. The first-order valence-corrected chi connectivity index (χ1v) is 25.3. The third-order valence-electron chi connectivity index (χ3n) is 14.6. The maximum atomic E-state index is 15.5. The molecule has 9 nitrogen and oxygen atoms in total. The van der Waals surface area contributed by atoms with Crippen molar-refractivity contribution in [1.82, 2.24) is 24.1 Å². The van der Waals surface area contributed by atoms with Crippen molar-refractivity contribution in [3.05, 3.63) is 246 Å². The largest absolute Gasteiger partial charge is 0.416 e. The van der Waals surface area contributed by atoms with Crippen LogP contribution in [0, 0.1) is 45.3 Å². The van der Waals surface area contributed by atoms with E-state index in [0.29, 0.717) is 78.9 Å². The maximum absolute atomic E-state index is 15.5. The molecule has 80 heavy (non-hydrogen) atoms. The van der Waals surface area contributed by atoms with Gasteiger partial charge in [0.15, 0.2) is 17.5 Å². The van der Waals surface area contributed by atoms with Gasteiger partial charge in [0.25, 0.3) is 0 Å². The van der Waals surface area contributed by atoms with Gasteiger partial charge in [0.2, 0.25) is 0 Å². The summed E-state index contributed by atoms with van der Waals surface area (Å²) >= 11 is 0. The molecule has 12 heteroatoms. The zero-order valence-corrected chi connectivity index (χ0v) is 41.9. The molecule has 374 valence electrons. The fraction of sp³-hybridized carbons (Fsp3) is 0.0147. The Morgan fingerprint density at radius 1 is 0.325 bits per heavy atom. The lowest BCUT2D eigenvalue weighted by Crippen LogP contribution is -2.08. The van der Waals surface area contributed by atoms with E-state index < -0.39 is 11.7 Å². The summed E-state index contributed by atoms with van der Waals surface area (Å²) in [6.45, 7) is 0. The van der Waals surface area contributed by atoms with Crippen LogP contribution in [0.3, 0.4) is 0 Å². The number of para-hydroxylation sites is 2. The van der Waals surface area contributed by atoms with Crippen LogP contribution in [0.25, 0.3) is 123 Å². The van der Waals surface area contributed by atoms with E-state index >= 15 is 13.2 Å². The standard InChI is InChI=1S/C68H36F3N9/c69-68(70,71)50-24-30-64(80-60-18-10-8-16-54(60)56-34-46(22-28-62(56)80)52-26-20-42(38-73)32-49(52)40-75)58(36-50)57-35-47(67-77-65(43-11-3-1-4-12-43)76-66(78-67)44-13-5-2-6-14-44)23-29-63(57)79-59-17-9-7-15-53(59)55-33-45(21-27-61(55)79)51-25-19-41(37-72)31-48(51)39-74/h1-36H. The van der Waals surface area contributed by atoms with E-state index in [1.807, 2.05) is 168 Å². The third kappa shape index (κ3) is 8.22. The molecule has 13 aromatic rings. The van der Waals surface area contributed by atoms with Crippen molar-refractivity contribution in [2.75, 3.05) is 0 Å². The van der Waals surface area contributed by atoms with Crippen molar-refractivity contribution >= 4 is 43.6 Å². The van der Waals surface area contributed by atoms with Gasteiger partial charge < -0.3 is 9.13 Å². The highest BCUT2D eigenvalue weighted by Crippen LogP contribution is 2.45. The Bertz CT molecular complexity index is 4820. The minimum Gasteiger partial charge on any atom is -0.309 e. The predicted octanol–water partition coefficient (Wildman–Crippen LogP) is 16.6. The van der Waals surface area contributed by atoms with E-state index in [1.165, 1.54) is 12.1 Å². The fourth-order valence-corrected chi connectivity index (χ4v) is 10.9. The Labute approximate surface area is 455 Å². The second-order valence-corrected chi connectivity index (χ2v) is 19.1. The van der Waals surface area contributed by atoms with E-state index in [0.717, 1.165) is 66.4 Å². The molecule has 0 bridgehead atoms. The summed E-state index contributed by atoms with van der Waals surface area (Å²) in [7, 11) is 0. The van der Waals surface area contributed by atoms with Crippen LogP contribution in [-0.4, -0.2) is 24.1 Å². The smallest absolute Gasteiger partial charge is 0.309 e. The van der Waals surface area contributed by atoms with E-state index in [1.54, 1.807) is 36.4 Å². The van der Waals surface area contributed by atoms with Crippen LogP contribution in [0.5, 0.6) is 0 Å². The number of benzene rings is 10. The van der Waals surface area contributed by atoms with Crippen molar-refractivity contribution in [3.8, 4) is 103 Å². The highest BCUT2D eigenvalue weighted by atomic mass is 19.4. The average Bonchev–Trinajstić information content (AvgIpc) is 4.21. The first kappa shape index (κ1) is 48.2. The minimum atomic E-state index is -4.75. The third-order valence-corrected chi connectivity index (χ3v) is 14.6. The van der Waals surface area contributed by atoms with Crippen molar-refractivity contribution in [2.24, 2.45) is 0 Å². The number of fused-ring (bicyclic) bond motifs is 6. The molecule has 0 amide bonds. The van der Waals surface area contributed by atoms with Gasteiger partial charge in [-0.1, -0.05) is 121 Å². The SMILES string of the molecule is N#Cc1ccc(-c2ccc3c(c2)c2ccccc2n3-c2ccc(-c3nc(-c4ccccc4)nc(-c4ccccc4)n3)cc2-c2cc(C(F)(F)F)ccc2-n2c3ccccc3c3cc(-c4ccc(C#N)cc4C#N)ccc32)c(C#N)c1. The van der Waals surface area contributed by atoms with Gasteiger partial charge in [-0.25, -0.2) is 15.0 Å².